The van der Waals surface area contributed by atoms with Gasteiger partial charge in [-0.05, 0) is 37.5 Å². The first-order valence-electron chi connectivity index (χ1n) is 6.75. The Morgan fingerprint density at radius 2 is 1.84 bits per heavy atom. The van der Waals surface area contributed by atoms with Crippen molar-refractivity contribution in [1.82, 2.24) is 5.32 Å². The van der Waals surface area contributed by atoms with Gasteiger partial charge in [-0.15, -0.1) is 0 Å². The number of nitrogens with one attached hydrogen (secondary N) is 1. The van der Waals surface area contributed by atoms with E-state index in [-0.39, 0.29) is 17.8 Å². The Kier molecular flexibility index (Phi) is 5.48. The number of amides is 1. The van der Waals surface area contributed by atoms with Gasteiger partial charge in [-0.3, -0.25) is 4.79 Å². The highest BCUT2D eigenvalue weighted by atomic mass is 19.1. The molecule has 0 radical (unpaired) electrons. The van der Waals surface area contributed by atoms with E-state index in [0.717, 1.165) is 5.56 Å². The lowest BCUT2D eigenvalue weighted by Gasteiger charge is -2.30. The Balaban J connectivity index is 2.78. The average Bonchev–Trinajstić information content (AvgIpc) is 2.42. The van der Waals surface area contributed by atoms with Crippen molar-refractivity contribution in [2.24, 2.45) is 11.1 Å². The minimum atomic E-state index is -0.506. The van der Waals surface area contributed by atoms with Crippen LogP contribution >= 0.6 is 0 Å². The fourth-order valence-corrected chi connectivity index (χ4v) is 2.14. The van der Waals surface area contributed by atoms with Gasteiger partial charge in [0.25, 0.3) is 0 Å². The Morgan fingerprint density at radius 3 is 2.26 bits per heavy atom. The molecule has 0 bridgehead atoms. The molecule has 3 N–H and O–H groups in total. The molecule has 1 aromatic carbocycles. The number of hydrogen-bond acceptors (Lipinski definition) is 2. The molecule has 0 fully saturated rings. The fourth-order valence-electron chi connectivity index (χ4n) is 2.14. The molecule has 0 aliphatic carbocycles. The van der Waals surface area contributed by atoms with Crippen molar-refractivity contribution in [2.75, 3.05) is 6.54 Å². The summed E-state index contributed by atoms with van der Waals surface area (Å²) < 4.78 is 12.9. The van der Waals surface area contributed by atoms with Gasteiger partial charge in [0.05, 0.1) is 11.5 Å². The molecule has 19 heavy (non-hydrogen) atoms. The highest BCUT2D eigenvalue weighted by molar-refractivity contribution is 5.83. The minimum Gasteiger partial charge on any atom is -0.349 e. The molecule has 1 rings (SSSR count). The molecular weight excluding hydrogens is 243 g/mol. The fraction of sp³-hybridized carbons (Fsp3) is 0.533. The van der Waals surface area contributed by atoms with Crippen LogP contribution in [0.25, 0.3) is 0 Å². The van der Waals surface area contributed by atoms with Crippen LogP contribution in [0.1, 0.15) is 45.2 Å². The van der Waals surface area contributed by atoms with Gasteiger partial charge in [0.1, 0.15) is 5.82 Å². The van der Waals surface area contributed by atoms with Crippen molar-refractivity contribution in [3.8, 4) is 0 Å². The van der Waals surface area contributed by atoms with Crippen LogP contribution in [0.2, 0.25) is 0 Å². The third-order valence-electron chi connectivity index (χ3n) is 3.94. The van der Waals surface area contributed by atoms with E-state index >= 15 is 0 Å². The summed E-state index contributed by atoms with van der Waals surface area (Å²) in [5, 5.41) is 2.97. The molecule has 3 nitrogen and oxygen atoms in total. The standard InChI is InChI=1S/C15H23FN2O/c1-4-15(5-2,10-17)14(19)18-11(3)12-6-8-13(16)9-7-12/h6-9,11H,4-5,10,17H2,1-3H3,(H,18,19)/t11-/m1/s1. The highest BCUT2D eigenvalue weighted by Gasteiger charge is 2.33. The molecule has 0 aliphatic rings. The van der Waals surface area contributed by atoms with E-state index < -0.39 is 5.41 Å². The predicted octanol–water partition coefficient (Wildman–Crippen LogP) is 2.77. The van der Waals surface area contributed by atoms with E-state index in [1.54, 1.807) is 12.1 Å². The molecule has 1 aromatic rings. The van der Waals surface area contributed by atoms with Crippen LogP contribution < -0.4 is 11.1 Å². The second kappa shape index (κ2) is 6.66. The van der Waals surface area contributed by atoms with E-state index in [9.17, 15) is 9.18 Å². The van der Waals surface area contributed by atoms with Crippen molar-refractivity contribution in [2.45, 2.75) is 39.7 Å². The summed E-state index contributed by atoms with van der Waals surface area (Å²) in [6, 6.07) is 6.00. The maximum atomic E-state index is 12.9. The summed E-state index contributed by atoms with van der Waals surface area (Å²) in [6.07, 6.45) is 1.42. The lowest BCUT2D eigenvalue weighted by molar-refractivity contribution is -0.131. The van der Waals surface area contributed by atoms with Crippen LogP contribution in [0.3, 0.4) is 0 Å². The summed E-state index contributed by atoms with van der Waals surface area (Å²) in [5.41, 5.74) is 6.13. The summed E-state index contributed by atoms with van der Waals surface area (Å²) >= 11 is 0. The monoisotopic (exact) mass is 266 g/mol. The van der Waals surface area contributed by atoms with Crippen molar-refractivity contribution in [3.63, 3.8) is 0 Å². The highest BCUT2D eigenvalue weighted by Crippen LogP contribution is 2.26. The van der Waals surface area contributed by atoms with Crippen molar-refractivity contribution in [3.05, 3.63) is 35.6 Å². The first kappa shape index (κ1) is 15.6. The quantitative estimate of drug-likeness (QED) is 0.832. The number of rotatable bonds is 6. The number of halogens is 1. The number of nitrogens with two attached hydrogens (primary N) is 1. The predicted molar refractivity (Wildman–Crippen MR) is 75.0 cm³/mol. The molecule has 0 aliphatic heterocycles. The molecule has 106 valence electrons. The van der Waals surface area contributed by atoms with E-state index in [0.29, 0.717) is 19.4 Å². The van der Waals surface area contributed by atoms with Crippen LogP contribution in [-0.2, 0) is 4.79 Å². The van der Waals surface area contributed by atoms with E-state index in [1.165, 1.54) is 12.1 Å². The second-order valence-electron chi connectivity index (χ2n) is 4.94. The van der Waals surface area contributed by atoms with Gasteiger partial charge in [-0.1, -0.05) is 26.0 Å². The molecular formula is C15H23FN2O. The van der Waals surface area contributed by atoms with Crippen LogP contribution in [-0.4, -0.2) is 12.5 Å². The molecule has 1 atom stereocenters. The van der Waals surface area contributed by atoms with Crippen molar-refractivity contribution < 1.29 is 9.18 Å². The molecule has 4 heteroatoms. The summed E-state index contributed by atoms with van der Waals surface area (Å²) in [6.45, 7) is 6.16. The van der Waals surface area contributed by atoms with Gasteiger partial charge in [-0.25, -0.2) is 4.39 Å². The molecule has 0 aromatic heterocycles. The Hall–Kier alpha value is -1.42. The normalized spacial score (nSPS) is 13.1. The minimum absolute atomic E-state index is 0.0307. The first-order valence-corrected chi connectivity index (χ1v) is 6.75. The van der Waals surface area contributed by atoms with E-state index in [1.807, 2.05) is 20.8 Å². The molecule has 0 saturated heterocycles. The van der Waals surface area contributed by atoms with Crippen molar-refractivity contribution in [1.29, 1.82) is 0 Å². The zero-order chi connectivity index (χ0) is 14.5. The van der Waals surface area contributed by atoms with Crippen LogP contribution in [0.15, 0.2) is 24.3 Å². The molecule has 0 unspecified atom stereocenters. The number of carbonyl (C=O) groups excluding carboxylic acids is 1. The first-order chi connectivity index (χ1) is 8.99. The van der Waals surface area contributed by atoms with Crippen molar-refractivity contribution >= 4 is 5.91 Å². The van der Waals surface area contributed by atoms with Crippen LogP contribution in [0, 0.1) is 11.2 Å². The van der Waals surface area contributed by atoms with E-state index in [2.05, 4.69) is 5.32 Å². The van der Waals surface area contributed by atoms with Gasteiger partial charge in [-0.2, -0.15) is 0 Å². The topological polar surface area (TPSA) is 55.1 Å². The molecule has 0 heterocycles. The number of hydrogen-bond donors (Lipinski definition) is 2. The zero-order valence-corrected chi connectivity index (χ0v) is 11.9. The second-order valence-corrected chi connectivity index (χ2v) is 4.94. The van der Waals surface area contributed by atoms with Crippen LogP contribution in [0.5, 0.6) is 0 Å². The number of carbonyl (C=O) groups is 1. The summed E-state index contributed by atoms with van der Waals surface area (Å²) in [5.74, 6) is -0.308. The Morgan fingerprint density at radius 1 is 1.32 bits per heavy atom. The third-order valence-corrected chi connectivity index (χ3v) is 3.94. The average molecular weight is 266 g/mol. The largest absolute Gasteiger partial charge is 0.349 e. The van der Waals surface area contributed by atoms with Gasteiger partial charge < -0.3 is 11.1 Å². The Labute approximate surface area is 114 Å². The van der Waals surface area contributed by atoms with Gasteiger partial charge >= 0.3 is 0 Å². The van der Waals surface area contributed by atoms with Gasteiger partial charge in [0.2, 0.25) is 5.91 Å². The maximum Gasteiger partial charge on any atom is 0.227 e. The van der Waals surface area contributed by atoms with E-state index in [4.69, 9.17) is 5.73 Å². The summed E-state index contributed by atoms with van der Waals surface area (Å²) in [7, 11) is 0. The van der Waals surface area contributed by atoms with Crippen LogP contribution in [0.4, 0.5) is 4.39 Å². The number of benzene rings is 1. The van der Waals surface area contributed by atoms with Gasteiger partial charge in [0.15, 0.2) is 0 Å². The zero-order valence-electron chi connectivity index (χ0n) is 11.9. The SMILES string of the molecule is CCC(CC)(CN)C(=O)N[C@H](C)c1ccc(F)cc1. The van der Waals surface area contributed by atoms with Gasteiger partial charge in [0, 0.05) is 6.54 Å². The molecule has 0 saturated carbocycles. The Bertz CT molecular complexity index is 404. The lowest BCUT2D eigenvalue weighted by Crippen LogP contribution is -2.46. The molecule has 0 spiro atoms. The summed E-state index contributed by atoms with van der Waals surface area (Å²) in [4.78, 5) is 12.3. The maximum absolute atomic E-state index is 12.9. The smallest absolute Gasteiger partial charge is 0.227 e. The lowest BCUT2D eigenvalue weighted by atomic mass is 9.81. The third kappa shape index (κ3) is 3.53. The molecule has 1 amide bonds.